The lowest BCUT2D eigenvalue weighted by Crippen LogP contribution is -1.86. The maximum Gasteiger partial charge on any atom is 0.136 e. The third-order valence-corrected chi connectivity index (χ3v) is 8.47. The minimum Gasteiger partial charge on any atom is -0.456 e. The van der Waals surface area contributed by atoms with E-state index in [1.165, 1.54) is 10.8 Å². The van der Waals surface area contributed by atoms with E-state index in [-0.39, 0.29) is 34.5 Å². The zero-order chi connectivity index (χ0) is 35.8. The van der Waals surface area contributed by atoms with Crippen LogP contribution >= 0.6 is 0 Å². The lowest BCUT2D eigenvalue weighted by molar-refractivity contribution is 0.669. The van der Waals surface area contributed by atoms with Crippen molar-refractivity contribution in [2.24, 2.45) is 0 Å². The van der Waals surface area contributed by atoms with Gasteiger partial charge in [-0.25, -0.2) is 0 Å². The molecule has 0 unspecified atom stereocenters. The molecule has 9 aromatic rings. The Morgan fingerprint density at radius 3 is 1.67 bits per heavy atom. The molecule has 0 aliphatic heterocycles. The first-order valence-corrected chi connectivity index (χ1v) is 14.8. The van der Waals surface area contributed by atoms with Gasteiger partial charge in [0.25, 0.3) is 0 Å². The third kappa shape index (κ3) is 4.58. The van der Waals surface area contributed by atoms with Crippen LogP contribution in [-0.4, -0.2) is 0 Å². The van der Waals surface area contributed by atoms with Crippen molar-refractivity contribution in [3.63, 3.8) is 0 Å². The van der Waals surface area contributed by atoms with Crippen molar-refractivity contribution < 1.29 is 14.0 Å². The Balaban J connectivity index is 1.18. The van der Waals surface area contributed by atoms with E-state index in [1.54, 1.807) is 12.1 Å². The van der Waals surface area contributed by atoms with E-state index in [0.29, 0.717) is 16.7 Å². The minimum absolute atomic E-state index is 0.0721. The summed E-state index contributed by atoms with van der Waals surface area (Å²) in [7, 11) is 0. The van der Waals surface area contributed by atoms with Crippen molar-refractivity contribution in [3.8, 4) is 44.5 Å². The van der Waals surface area contributed by atoms with Crippen LogP contribution in [0.25, 0.3) is 88.0 Å². The molecule has 0 fully saturated rings. The molecule has 0 saturated heterocycles. The summed E-state index contributed by atoms with van der Waals surface area (Å²) in [6.07, 6.45) is 0. The Morgan fingerprint density at radius 1 is 0.356 bits per heavy atom. The van der Waals surface area contributed by atoms with Crippen molar-refractivity contribution in [2.45, 2.75) is 0 Å². The van der Waals surface area contributed by atoms with Gasteiger partial charge in [0, 0.05) is 10.8 Å². The maximum atomic E-state index is 8.97. The first-order chi connectivity index (χ1) is 25.2. The Bertz CT molecular complexity index is 2930. The van der Waals surface area contributed by atoms with Crippen LogP contribution in [0.4, 0.5) is 0 Å². The fraction of sp³-hybridized carbons (Fsp3) is 0. The van der Waals surface area contributed by atoms with Crippen LogP contribution in [-0.2, 0) is 0 Å². The van der Waals surface area contributed by atoms with Crippen LogP contribution in [0.15, 0.2) is 174 Å². The highest BCUT2D eigenvalue weighted by atomic mass is 16.3. The molecule has 0 spiro atoms. The summed E-state index contributed by atoms with van der Waals surface area (Å²) < 4.78 is 65.9. The predicted octanol–water partition coefficient (Wildman–Crippen LogP) is 12.6. The standard InChI is InChI=1S/C44H28O/c1-2-8-29(9-3-1)38-24-39(35-17-15-31-11-5-7-13-33(31)23-35)26-40(25-38)37-19-21-42-41-20-18-36(27-43(41)45-44(42)28-37)34-16-14-30-10-4-6-12-32(30)22-34/h1-28H/i4D,6D,10D,12D,14D,16D,22D. The second-order valence-corrected chi connectivity index (χ2v) is 11.3. The van der Waals surface area contributed by atoms with Crippen LogP contribution in [0.2, 0.25) is 0 Å². The fourth-order valence-corrected chi connectivity index (χ4v) is 6.16. The van der Waals surface area contributed by atoms with Crippen molar-refractivity contribution in [1.29, 1.82) is 0 Å². The molecule has 0 aliphatic rings. The number of fused-ring (bicyclic) bond motifs is 5. The van der Waals surface area contributed by atoms with Gasteiger partial charge in [-0.2, -0.15) is 0 Å². The van der Waals surface area contributed by atoms with Crippen LogP contribution in [0.3, 0.4) is 0 Å². The maximum absolute atomic E-state index is 8.97. The molecule has 1 heterocycles. The van der Waals surface area contributed by atoms with Gasteiger partial charge in [0.05, 0.1) is 9.60 Å². The van der Waals surface area contributed by atoms with Gasteiger partial charge in [0.15, 0.2) is 0 Å². The molecule has 1 aromatic heterocycles. The molecule has 0 aliphatic carbocycles. The molecule has 1 nitrogen and oxygen atoms in total. The molecule has 1 heteroatoms. The monoisotopic (exact) mass is 579 g/mol. The molecule has 0 N–H and O–H groups in total. The molecule has 8 aromatic carbocycles. The van der Waals surface area contributed by atoms with Crippen LogP contribution in [0.5, 0.6) is 0 Å². The number of rotatable bonds is 4. The quantitative estimate of drug-likeness (QED) is 0.202. The zero-order valence-corrected chi connectivity index (χ0v) is 24.0. The van der Waals surface area contributed by atoms with E-state index >= 15 is 0 Å². The Hall–Kier alpha value is -5.92. The van der Waals surface area contributed by atoms with Crippen molar-refractivity contribution in [3.05, 3.63) is 170 Å². The summed E-state index contributed by atoms with van der Waals surface area (Å²) in [6.45, 7) is 0. The molecule has 0 radical (unpaired) electrons. The number of furan rings is 1. The largest absolute Gasteiger partial charge is 0.456 e. The van der Waals surface area contributed by atoms with E-state index in [9.17, 15) is 0 Å². The van der Waals surface area contributed by atoms with Crippen LogP contribution in [0.1, 0.15) is 9.60 Å². The van der Waals surface area contributed by atoms with Crippen molar-refractivity contribution in [2.75, 3.05) is 0 Å². The van der Waals surface area contributed by atoms with Gasteiger partial charge in [-0.05, 0) is 121 Å². The highest BCUT2D eigenvalue weighted by molar-refractivity contribution is 6.07. The predicted molar refractivity (Wildman–Crippen MR) is 190 cm³/mol. The Labute approximate surface area is 271 Å². The summed E-state index contributed by atoms with van der Waals surface area (Å²) in [5.74, 6) is 0. The van der Waals surface area contributed by atoms with E-state index in [1.807, 2.05) is 42.5 Å². The summed E-state index contributed by atoms with van der Waals surface area (Å²) in [5.41, 5.74) is 8.25. The Morgan fingerprint density at radius 2 is 0.933 bits per heavy atom. The summed E-state index contributed by atoms with van der Waals surface area (Å²) in [4.78, 5) is 0. The first-order valence-electron chi connectivity index (χ1n) is 18.3. The number of hydrogen-bond acceptors (Lipinski definition) is 1. The zero-order valence-electron chi connectivity index (χ0n) is 31.0. The summed E-state index contributed by atoms with van der Waals surface area (Å²) in [5, 5.41) is 3.93. The average molecular weight is 580 g/mol. The topological polar surface area (TPSA) is 13.1 Å². The van der Waals surface area contributed by atoms with Crippen LogP contribution in [0, 0.1) is 0 Å². The van der Waals surface area contributed by atoms with Gasteiger partial charge in [-0.3, -0.25) is 0 Å². The first kappa shape index (κ1) is 19.4. The molecular weight excluding hydrogens is 544 g/mol. The molecule has 9 rings (SSSR count). The molecule has 0 amide bonds. The van der Waals surface area contributed by atoms with Crippen molar-refractivity contribution >= 4 is 43.5 Å². The van der Waals surface area contributed by atoms with E-state index in [4.69, 9.17) is 14.0 Å². The highest BCUT2D eigenvalue weighted by Crippen LogP contribution is 2.38. The summed E-state index contributed by atoms with van der Waals surface area (Å²) >= 11 is 0. The second-order valence-electron chi connectivity index (χ2n) is 11.3. The van der Waals surface area contributed by atoms with Gasteiger partial charge >= 0.3 is 0 Å². The third-order valence-electron chi connectivity index (χ3n) is 8.47. The van der Waals surface area contributed by atoms with E-state index in [2.05, 4.69) is 72.8 Å². The average Bonchev–Trinajstić information content (AvgIpc) is 3.55. The van der Waals surface area contributed by atoms with E-state index in [0.717, 1.165) is 44.2 Å². The molecule has 0 saturated carbocycles. The van der Waals surface area contributed by atoms with Crippen molar-refractivity contribution in [1.82, 2.24) is 0 Å². The fourth-order valence-electron chi connectivity index (χ4n) is 6.16. The smallest absolute Gasteiger partial charge is 0.136 e. The van der Waals surface area contributed by atoms with Gasteiger partial charge in [-0.15, -0.1) is 0 Å². The van der Waals surface area contributed by atoms with Gasteiger partial charge < -0.3 is 4.42 Å². The number of hydrogen-bond donors (Lipinski definition) is 0. The summed E-state index contributed by atoms with van der Waals surface area (Å²) in [6, 6.07) is 40.8. The van der Waals surface area contributed by atoms with Gasteiger partial charge in [0.1, 0.15) is 11.2 Å². The minimum atomic E-state index is -0.489. The second kappa shape index (κ2) is 10.4. The van der Waals surface area contributed by atoms with E-state index < -0.39 is 24.2 Å². The lowest BCUT2D eigenvalue weighted by Gasteiger charge is -2.12. The number of benzene rings is 8. The van der Waals surface area contributed by atoms with Gasteiger partial charge in [-0.1, -0.05) is 115 Å². The molecular formula is C44H28O. The Kier molecular flexibility index (Phi) is 4.46. The lowest BCUT2D eigenvalue weighted by atomic mass is 9.92. The molecule has 0 atom stereocenters. The molecule has 210 valence electrons. The van der Waals surface area contributed by atoms with Crippen LogP contribution < -0.4 is 0 Å². The SMILES string of the molecule is [2H]c1c([2H])c([2H])c2c([2H])c(-c3ccc4c(c3)oc3cc(-c5cc(-c6ccccc6)cc(-c6ccc7ccccc7c6)c5)ccc34)c([2H])c([2H])c2c1[2H]. The van der Waals surface area contributed by atoms with Gasteiger partial charge in [0.2, 0.25) is 0 Å². The molecule has 0 bridgehead atoms. The molecule has 45 heavy (non-hydrogen) atoms. The highest BCUT2D eigenvalue weighted by Gasteiger charge is 2.13. The normalized spacial score (nSPS) is 13.7.